The molecule has 0 atom stereocenters. The zero-order chi connectivity index (χ0) is 14.7. The van der Waals surface area contributed by atoms with Gasteiger partial charge in [0.05, 0.1) is 10.5 Å². The molecule has 2 aromatic rings. The fraction of sp³-hybridized carbons (Fsp3) is 0.0714. The molecule has 102 valence electrons. The van der Waals surface area contributed by atoms with E-state index in [1.54, 1.807) is 12.1 Å². The van der Waals surface area contributed by atoms with Crippen LogP contribution in [0.1, 0.15) is 15.9 Å². The Bertz CT molecular complexity index is 683. The first-order valence-corrected chi connectivity index (χ1v) is 5.83. The summed E-state index contributed by atoms with van der Waals surface area (Å²) < 4.78 is 0. The number of hydrogen-bond donors (Lipinski definition) is 2. The molecule has 0 heterocycles. The highest BCUT2D eigenvalue weighted by atomic mass is 16.6. The number of nitrogens with zero attached hydrogens (tertiary/aromatic N) is 1. The smallest absolute Gasteiger partial charge is 0.335 e. The lowest BCUT2D eigenvalue weighted by atomic mass is 10.1. The maximum Gasteiger partial charge on any atom is 0.335 e. The summed E-state index contributed by atoms with van der Waals surface area (Å²) in [5.41, 5.74) is 1.58. The number of anilines is 2. The minimum atomic E-state index is -1.13. The van der Waals surface area contributed by atoms with Gasteiger partial charge in [0.2, 0.25) is 0 Å². The molecule has 20 heavy (non-hydrogen) atoms. The molecule has 0 aromatic heterocycles. The first kappa shape index (κ1) is 13.5. The van der Waals surface area contributed by atoms with E-state index in [9.17, 15) is 14.9 Å². The van der Waals surface area contributed by atoms with Crippen LogP contribution in [0.4, 0.5) is 17.1 Å². The molecule has 0 bridgehead atoms. The Morgan fingerprint density at radius 2 is 1.90 bits per heavy atom. The van der Waals surface area contributed by atoms with E-state index in [0.717, 1.165) is 5.56 Å². The molecule has 0 aliphatic carbocycles. The van der Waals surface area contributed by atoms with Gasteiger partial charge in [0.1, 0.15) is 5.69 Å². The zero-order valence-corrected chi connectivity index (χ0v) is 10.7. The standard InChI is InChI=1S/C14H12N2O4/c1-9-4-2-3-5-11(9)15-12-8-10(14(17)18)6-7-13(12)16(19)20/h2-8,15H,1H3,(H,17,18). The number of nitrogens with one attached hydrogen (secondary N) is 1. The van der Waals surface area contributed by atoms with Gasteiger partial charge in [-0.1, -0.05) is 18.2 Å². The summed E-state index contributed by atoms with van der Waals surface area (Å²) in [6, 6.07) is 10.9. The number of nitro benzene ring substituents is 1. The predicted octanol–water partition coefficient (Wildman–Crippen LogP) is 3.35. The van der Waals surface area contributed by atoms with E-state index in [1.807, 2.05) is 19.1 Å². The number of carboxylic acid groups (broad SMARTS) is 1. The average Bonchev–Trinajstić information content (AvgIpc) is 2.41. The molecule has 0 fully saturated rings. The molecule has 2 aromatic carbocycles. The van der Waals surface area contributed by atoms with Crippen molar-refractivity contribution in [2.45, 2.75) is 6.92 Å². The average molecular weight is 272 g/mol. The van der Waals surface area contributed by atoms with Crippen molar-refractivity contribution < 1.29 is 14.8 Å². The molecule has 0 saturated heterocycles. The summed E-state index contributed by atoms with van der Waals surface area (Å²) in [6.45, 7) is 1.86. The van der Waals surface area contributed by atoms with Crippen LogP contribution < -0.4 is 5.32 Å². The van der Waals surface area contributed by atoms with Crippen LogP contribution in [0.15, 0.2) is 42.5 Å². The lowest BCUT2D eigenvalue weighted by molar-refractivity contribution is -0.383. The SMILES string of the molecule is Cc1ccccc1Nc1cc(C(=O)O)ccc1[N+](=O)[O-]. The number of nitro groups is 1. The normalized spacial score (nSPS) is 10.1. The molecular formula is C14H12N2O4. The minimum Gasteiger partial charge on any atom is -0.478 e. The monoisotopic (exact) mass is 272 g/mol. The fourth-order valence-corrected chi connectivity index (χ4v) is 1.79. The van der Waals surface area contributed by atoms with Gasteiger partial charge in [-0.15, -0.1) is 0 Å². The molecule has 0 saturated carbocycles. The second kappa shape index (κ2) is 5.40. The molecule has 0 radical (unpaired) electrons. The maximum absolute atomic E-state index is 11.0. The number of aryl methyl sites for hydroxylation is 1. The quantitative estimate of drug-likeness (QED) is 0.657. The van der Waals surface area contributed by atoms with E-state index in [2.05, 4.69) is 5.32 Å². The van der Waals surface area contributed by atoms with Gasteiger partial charge in [-0.2, -0.15) is 0 Å². The van der Waals surface area contributed by atoms with E-state index in [4.69, 9.17) is 5.11 Å². The number of carboxylic acids is 1. The summed E-state index contributed by atoms with van der Waals surface area (Å²) in [6.07, 6.45) is 0. The van der Waals surface area contributed by atoms with Crippen molar-refractivity contribution in [3.63, 3.8) is 0 Å². The summed E-state index contributed by atoms with van der Waals surface area (Å²) in [5.74, 6) is -1.13. The fourth-order valence-electron chi connectivity index (χ4n) is 1.79. The molecule has 0 aliphatic rings. The van der Waals surface area contributed by atoms with Crippen LogP contribution in [0, 0.1) is 17.0 Å². The van der Waals surface area contributed by atoms with Crippen molar-refractivity contribution in [1.82, 2.24) is 0 Å². The van der Waals surface area contributed by atoms with E-state index in [-0.39, 0.29) is 16.9 Å². The Hall–Kier alpha value is -2.89. The number of carbonyl (C=O) groups is 1. The van der Waals surface area contributed by atoms with E-state index < -0.39 is 10.9 Å². The van der Waals surface area contributed by atoms with E-state index >= 15 is 0 Å². The van der Waals surface area contributed by atoms with Crippen LogP contribution in [0.5, 0.6) is 0 Å². The Labute approximate surface area is 114 Å². The highest BCUT2D eigenvalue weighted by molar-refractivity contribution is 5.90. The van der Waals surface area contributed by atoms with Crippen molar-refractivity contribution in [2.24, 2.45) is 0 Å². The second-order valence-corrected chi connectivity index (χ2v) is 4.23. The van der Waals surface area contributed by atoms with Gasteiger partial charge in [-0.05, 0) is 30.7 Å². The minimum absolute atomic E-state index is 0.00770. The number of aromatic carboxylic acids is 1. The van der Waals surface area contributed by atoms with Gasteiger partial charge >= 0.3 is 5.97 Å². The third-order valence-corrected chi connectivity index (χ3v) is 2.85. The highest BCUT2D eigenvalue weighted by Gasteiger charge is 2.17. The Balaban J connectivity index is 2.48. The van der Waals surface area contributed by atoms with Gasteiger partial charge in [0, 0.05) is 11.8 Å². The number of rotatable bonds is 4. The van der Waals surface area contributed by atoms with Crippen LogP contribution in [0.2, 0.25) is 0 Å². The first-order valence-electron chi connectivity index (χ1n) is 5.83. The third-order valence-electron chi connectivity index (χ3n) is 2.85. The summed E-state index contributed by atoms with van der Waals surface area (Å²) in [4.78, 5) is 21.4. The van der Waals surface area contributed by atoms with Gasteiger partial charge < -0.3 is 10.4 Å². The van der Waals surface area contributed by atoms with Crippen molar-refractivity contribution in [3.05, 3.63) is 63.7 Å². The summed E-state index contributed by atoms with van der Waals surface area (Å²) in [5, 5.41) is 22.9. The molecular weight excluding hydrogens is 260 g/mol. The topological polar surface area (TPSA) is 92.5 Å². The van der Waals surface area contributed by atoms with Crippen molar-refractivity contribution in [2.75, 3.05) is 5.32 Å². The van der Waals surface area contributed by atoms with Crippen LogP contribution in [0.25, 0.3) is 0 Å². The van der Waals surface area contributed by atoms with E-state index in [1.165, 1.54) is 18.2 Å². The predicted molar refractivity (Wildman–Crippen MR) is 74.5 cm³/mol. The number of hydrogen-bond acceptors (Lipinski definition) is 4. The van der Waals surface area contributed by atoms with Crippen LogP contribution in [-0.2, 0) is 0 Å². The van der Waals surface area contributed by atoms with Crippen molar-refractivity contribution >= 4 is 23.0 Å². The molecule has 0 amide bonds. The maximum atomic E-state index is 11.0. The van der Waals surface area contributed by atoms with Crippen molar-refractivity contribution in [1.29, 1.82) is 0 Å². The van der Waals surface area contributed by atoms with Gasteiger partial charge in [-0.25, -0.2) is 4.79 Å². The van der Waals surface area contributed by atoms with Crippen molar-refractivity contribution in [3.8, 4) is 0 Å². The summed E-state index contributed by atoms with van der Waals surface area (Å²) >= 11 is 0. The highest BCUT2D eigenvalue weighted by Crippen LogP contribution is 2.29. The Kier molecular flexibility index (Phi) is 3.65. The van der Waals surface area contributed by atoms with Gasteiger partial charge in [-0.3, -0.25) is 10.1 Å². The van der Waals surface area contributed by atoms with Gasteiger partial charge in [0.15, 0.2) is 0 Å². The van der Waals surface area contributed by atoms with Crippen LogP contribution >= 0.6 is 0 Å². The summed E-state index contributed by atoms with van der Waals surface area (Å²) in [7, 11) is 0. The molecule has 0 spiro atoms. The molecule has 6 nitrogen and oxygen atoms in total. The second-order valence-electron chi connectivity index (χ2n) is 4.23. The molecule has 0 aliphatic heterocycles. The molecule has 6 heteroatoms. The number of para-hydroxylation sites is 1. The largest absolute Gasteiger partial charge is 0.478 e. The number of benzene rings is 2. The van der Waals surface area contributed by atoms with Crippen LogP contribution in [0.3, 0.4) is 0 Å². The molecule has 0 unspecified atom stereocenters. The van der Waals surface area contributed by atoms with Gasteiger partial charge in [0.25, 0.3) is 5.69 Å². The third kappa shape index (κ3) is 2.74. The Morgan fingerprint density at radius 1 is 1.20 bits per heavy atom. The molecule has 2 rings (SSSR count). The first-order chi connectivity index (χ1) is 9.49. The molecule has 2 N–H and O–H groups in total. The lowest BCUT2D eigenvalue weighted by Crippen LogP contribution is -2.02. The lowest BCUT2D eigenvalue weighted by Gasteiger charge is -2.10. The van der Waals surface area contributed by atoms with E-state index in [0.29, 0.717) is 5.69 Å². The Morgan fingerprint density at radius 3 is 2.50 bits per heavy atom. The van der Waals surface area contributed by atoms with Crippen LogP contribution in [-0.4, -0.2) is 16.0 Å². The zero-order valence-electron chi connectivity index (χ0n) is 10.7.